The van der Waals surface area contributed by atoms with Gasteiger partial charge >= 0.3 is 5.97 Å². The van der Waals surface area contributed by atoms with Crippen LogP contribution < -0.4 is 10.1 Å². The fourth-order valence-corrected chi connectivity index (χ4v) is 5.72. The standard InChI is InChI=1S/C27H29N3O4S2/c1-16(2)11-23-24(18-5-7-20(8-6-18)34-10-9-33-4)29-27(36-23)30-25-21(26(31)32)13-19(14-28-25)22-12-17(3)15-35-22/h5-8,12-16H,9-11H2,1-4H3,(H,31,32)(H,28,29,30). The Bertz CT molecular complexity index is 1330. The molecule has 0 saturated carbocycles. The number of thiazole rings is 1. The summed E-state index contributed by atoms with van der Waals surface area (Å²) in [6.07, 6.45) is 2.56. The second kappa shape index (κ2) is 11.6. The van der Waals surface area contributed by atoms with Crippen LogP contribution in [0.3, 0.4) is 0 Å². The van der Waals surface area contributed by atoms with E-state index in [1.165, 1.54) is 11.3 Å². The summed E-state index contributed by atoms with van der Waals surface area (Å²) in [7, 11) is 1.64. The molecule has 4 rings (SSSR count). The van der Waals surface area contributed by atoms with E-state index in [4.69, 9.17) is 14.5 Å². The molecule has 9 heteroatoms. The Hall–Kier alpha value is -3.27. The van der Waals surface area contributed by atoms with Gasteiger partial charge < -0.3 is 19.9 Å². The molecule has 0 atom stereocenters. The maximum absolute atomic E-state index is 12.1. The molecule has 2 N–H and O–H groups in total. The number of carboxylic acid groups (broad SMARTS) is 1. The van der Waals surface area contributed by atoms with Crippen molar-refractivity contribution >= 4 is 39.6 Å². The number of thiophene rings is 1. The number of carbonyl (C=O) groups is 1. The number of anilines is 2. The van der Waals surface area contributed by atoms with Gasteiger partial charge in [-0.1, -0.05) is 13.8 Å². The summed E-state index contributed by atoms with van der Waals surface area (Å²) >= 11 is 3.09. The minimum absolute atomic E-state index is 0.110. The third-order valence-electron chi connectivity index (χ3n) is 5.33. The lowest BCUT2D eigenvalue weighted by Crippen LogP contribution is -2.05. The van der Waals surface area contributed by atoms with Crippen molar-refractivity contribution in [1.82, 2.24) is 9.97 Å². The first-order valence-corrected chi connectivity index (χ1v) is 13.3. The molecule has 0 unspecified atom stereocenters. The van der Waals surface area contributed by atoms with Crippen molar-refractivity contribution in [3.63, 3.8) is 0 Å². The molecule has 0 radical (unpaired) electrons. The van der Waals surface area contributed by atoms with Crippen molar-refractivity contribution in [1.29, 1.82) is 0 Å². The lowest BCUT2D eigenvalue weighted by Gasteiger charge is -2.08. The number of hydrogen-bond donors (Lipinski definition) is 2. The highest BCUT2D eigenvalue weighted by molar-refractivity contribution is 7.16. The predicted octanol–water partition coefficient (Wildman–Crippen LogP) is 6.91. The quantitative estimate of drug-likeness (QED) is 0.206. The van der Waals surface area contributed by atoms with Gasteiger partial charge in [-0.2, -0.15) is 0 Å². The summed E-state index contributed by atoms with van der Waals surface area (Å²) in [5, 5.41) is 15.7. The van der Waals surface area contributed by atoms with E-state index >= 15 is 0 Å². The number of pyridine rings is 1. The Kier molecular flexibility index (Phi) is 8.35. The normalized spacial score (nSPS) is 11.1. The first kappa shape index (κ1) is 25.8. The van der Waals surface area contributed by atoms with Crippen LogP contribution in [0.2, 0.25) is 0 Å². The average Bonchev–Trinajstić information content (AvgIpc) is 3.45. The molecule has 36 heavy (non-hydrogen) atoms. The van der Waals surface area contributed by atoms with E-state index in [0.717, 1.165) is 44.3 Å². The van der Waals surface area contributed by atoms with Crippen LogP contribution in [0.4, 0.5) is 10.9 Å². The highest BCUT2D eigenvalue weighted by atomic mass is 32.1. The molecule has 0 aliphatic rings. The van der Waals surface area contributed by atoms with Gasteiger partial charge in [-0.15, -0.1) is 22.7 Å². The number of carboxylic acids is 1. The number of aromatic carboxylic acids is 1. The van der Waals surface area contributed by atoms with Gasteiger partial charge in [-0.3, -0.25) is 0 Å². The van der Waals surface area contributed by atoms with Crippen LogP contribution in [0, 0.1) is 12.8 Å². The van der Waals surface area contributed by atoms with Crippen molar-refractivity contribution in [2.24, 2.45) is 5.92 Å². The summed E-state index contributed by atoms with van der Waals surface area (Å²) in [6, 6.07) is 11.5. The third-order valence-corrected chi connectivity index (χ3v) is 7.42. The van der Waals surface area contributed by atoms with Crippen LogP contribution in [0.25, 0.3) is 21.7 Å². The molecule has 4 aromatic rings. The van der Waals surface area contributed by atoms with E-state index in [-0.39, 0.29) is 11.4 Å². The second-order valence-electron chi connectivity index (χ2n) is 8.79. The SMILES string of the molecule is COCCOc1ccc(-c2nc(Nc3ncc(-c4cc(C)cs4)cc3C(=O)O)sc2CC(C)C)cc1. The van der Waals surface area contributed by atoms with Gasteiger partial charge in [0.15, 0.2) is 5.13 Å². The molecule has 188 valence electrons. The summed E-state index contributed by atoms with van der Waals surface area (Å²) in [4.78, 5) is 23.5. The summed E-state index contributed by atoms with van der Waals surface area (Å²) in [5.41, 5.74) is 3.88. The zero-order chi connectivity index (χ0) is 25.7. The van der Waals surface area contributed by atoms with Crippen LogP contribution in [-0.4, -0.2) is 41.4 Å². The highest BCUT2D eigenvalue weighted by Crippen LogP contribution is 2.36. The number of nitrogens with one attached hydrogen (secondary N) is 1. The minimum atomic E-state index is -1.04. The van der Waals surface area contributed by atoms with E-state index in [9.17, 15) is 9.90 Å². The van der Waals surface area contributed by atoms with Gasteiger partial charge in [0.25, 0.3) is 0 Å². The molecular weight excluding hydrogens is 494 g/mol. The Morgan fingerprint density at radius 2 is 1.92 bits per heavy atom. The lowest BCUT2D eigenvalue weighted by molar-refractivity contribution is 0.0697. The van der Waals surface area contributed by atoms with E-state index in [1.807, 2.05) is 42.6 Å². The second-order valence-corrected chi connectivity index (χ2v) is 10.8. The summed E-state index contributed by atoms with van der Waals surface area (Å²) < 4.78 is 10.7. The fourth-order valence-electron chi connectivity index (χ4n) is 3.64. The number of rotatable bonds is 11. The van der Waals surface area contributed by atoms with Crippen molar-refractivity contribution in [2.45, 2.75) is 27.2 Å². The number of nitrogens with zero attached hydrogens (tertiary/aromatic N) is 2. The average molecular weight is 524 g/mol. The van der Waals surface area contributed by atoms with Gasteiger partial charge in [0, 0.05) is 34.2 Å². The predicted molar refractivity (Wildman–Crippen MR) is 146 cm³/mol. The van der Waals surface area contributed by atoms with Crippen molar-refractivity contribution in [2.75, 3.05) is 25.6 Å². The molecule has 0 spiro atoms. The topological polar surface area (TPSA) is 93.6 Å². The maximum Gasteiger partial charge on any atom is 0.339 e. The molecule has 3 aromatic heterocycles. The smallest absolute Gasteiger partial charge is 0.339 e. The molecule has 3 heterocycles. The van der Waals surface area contributed by atoms with Gasteiger partial charge in [0.1, 0.15) is 23.7 Å². The Balaban J connectivity index is 1.62. The van der Waals surface area contributed by atoms with E-state index in [1.54, 1.807) is 30.7 Å². The third kappa shape index (κ3) is 6.29. The largest absolute Gasteiger partial charge is 0.491 e. The van der Waals surface area contributed by atoms with E-state index in [2.05, 4.69) is 24.1 Å². The first-order chi connectivity index (χ1) is 17.3. The van der Waals surface area contributed by atoms with E-state index < -0.39 is 5.97 Å². The Labute approximate surface area is 218 Å². The molecule has 0 bridgehead atoms. The zero-order valence-electron chi connectivity index (χ0n) is 20.7. The van der Waals surface area contributed by atoms with E-state index in [0.29, 0.717) is 24.3 Å². The molecule has 0 aliphatic heterocycles. The van der Waals surface area contributed by atoms with Crippen LogP contribution in [0.5, 0.6) is 5.75 Å². The molecule has 7 nitrogen and oxygen atoms in total. The van der Waals surface area contributed by atoms with Crippen molar-refractivity contribution in [3.8, 4) is 27.4 Å². The molecule has 0 aliphatic carbocycles. The summed E-state index contributed by atoms with van der Waals surface area (Å²) in [5.74, 6) is 0.447. The monoisotopic (exact) mass is 523 g/mol. The van der Waals surface area contributed by atoms with Gasteiger partial charge in [0.05, 0.1) is 12.3 Å². The van der Waals surface area contributed by atoms with Crippen LogP contribution in [0.15, 0.2) is 48.0 Å². The van der Waals surface area contributed by atoms with Gasteiger partial charge in [-0.25, -0.2) is 14.8 Å². The van der Waals surface area contributed by atoms with Crippen molar-refractivity contribution in [3.05, 3.63) is 64.0 Å². The molecule has 1 aromatic carbocycles. The van der Waals surface area contributed by atoms with Crippen LogP contribution >= 0.6 is 22.7 Å². The highest BCUT2D eigenvalue weighted by Gasteiger charge is 2.19. The molecule has 0 fully saturated rings. The van der Waals surface area contributed by atoms with Crippen LogP contribution in [-0.2, 0) is 11.2 Å². The number of aryl methyl sites for hydroxylation is 1. The fraction of sp³-hybridized carbons (Fsp3) is 0.296. The van der Waals surface area contributed by atoms with Gasteiger partial charge in [-0.05, 0) is 66.6 Å². The Morgan fingerprint density at radius 3 is 2.56 bits per heavy atom. The zero-order valence-corrected chi connectivity index (χ0v) is 22.3. The number of methoxy groups -OCH3 is 1. The van der Waals surface area contributed by atoms with Crippen LogP contribution in [0.1, 0.15) is 34.6 Å². The molecule has 0 saturated heterocycles. The number of hydrogen-bond acceptors (Lipinski definition) is 8. The minimum Gasteiger partial charge on any atom is -0.491 e. The molecular formula is C27H29N3O4S2. The van der Waals surface area contributed by atoms with Gasteiger partial charge in [0.2, 0.25) is 0 Å². The summed E-state index contributed by atoms with van der Waals surface area (Å²) in [6.45, 7) is 7.36. The Morgan fingerprint density at radius 1 is 1.14 bits per heavy atom. The number of benzene rings is 1. The number of aromatic nitrogens is 2. The molecule has 0 amide bonds. The first-order valence-electron chi connectivity index (χ1n) is 11.6. The van der Waals surface area contributed by atoms with Crippen molar-refractivity contribution < 1.29 is 19.4 Å². The maximum atomic E-state index is 12.1. The lowest BCUT2D eigenvalue weighted by atomic mass is 10.0. The number of ether oxygens (including phenoxy) is 2.